The lowest BCUT2D eigenvalue weighted by Gasteiger charge is -2.34. The molecule has 0 unspecified atom stereocenters. The van der Waals surface area contributed by atoms with Crippen molar-refractivity contribution < 1.29 is 9.53 Å². The second kappa shape index (κ2) is 4.90. The van der Waals surface area contributed by atoms with Gasteiger partial charge in [0.05, 0.1) is 11.0 Å². The summed E-state index contributed by atoms with van der Waals surface area (Å²) in [4.78, 5) is 12.6. The summed E-state index contributed by atoms with van der Waals surface area (Å²) >= 11 is 1.54. The molecule has 1 aliphatic rings. The third-order valence-electron chi connectivity index (χ3n) is 2.86. The zero-order chi connectivity index (χ0) is 10.7. The van der Waals surface area contributed by atoms with Crippen molar-refractivity contribution in [2.24, 2.45) is 5.92 Å². The van der Waals surface area contributed by atoms with Crippen molar-refractivity contribution in [3.63, 3.8) is 0 Å². The van der Waals surface area contributed by atoms with Gasteiger partial charge in [-0.05, 0) is 37.1 Å². The van der Waals surface area contributed by atoms with Crippen LogP contribution in [0.2, 0.25) is 0 Å². The monoisotopic (exact) mass is 224 g/mol. The molecule has 0 aliphatic heterocycles. The Balaban J connectivity index is 1.74. The molecular weight excluding hydrogens is 208 g/mol. The van der Waals surface area contributed by atoms with E-state index in [1.165, 1.54) is 11.3 Å². The Kier molecular flexibility index (Phi) is 3.54. The van der Waals surface area contributed by atoms with Crippen molar-refractivity contribution in [1.82, 2.24) is 0 Å². The zero-order valence-corrected chi connectivity index (χ0v) is 9.76. The number of rotatable bonds is 5. The summed E-state index contributed by atoms with van der Waals surface area (Å²) in [5, 5.41) is 1.96. The number of thiophene rings is 1. The van der Waals surface area contributed by atoms with E-state index in [1.54, 1.807) is 0 Å². The molecule has 3 heteroatoms. The highest BCUT2D eigenvalue weighted by Gasteiger charge is 2.31. The quantitative estimate of drug-likeness (QED) is 0.718. The van der Waals surface area contributed by atoms with Crippen molar-refractivity contribution >= 4 is 17.1 Å². The molecule has 2 rings (SSSR count). The first-order valence-corrected chi connectivity index (χ1v) is 6.36. The predicted octanol–water partition coefficient (Wildman–Crippen LogP) is 3.14. The van der Waals surface area contributed by atoms with Gasteiger partial charge in [-0.25, -0.2) is 0 Å². The van der Waals surface area contributed by atoms with E-state index >= 15 is 0 Å². The van der Waals surface area contributed by atoms with Crippen LogP contribution >= 0.6 is 11.3 Å². The normalized spacial score (nSPS) is 24.9. The van der Waals surface area contributed by atoms with Crippen LogP contribution in [0.25, 0.3) is 0 Å². The minimum atomic E-state index is 0.296. The van der Waals surface area contributed by atoms with Crippen LogP contribution in [-0.2, 0) is 4.74 Å². The first-order chi connectivity index (χ1) is 7.29. The fourth-order valence-corrected chi connectivity index (χ4v) is 2.69. The van der Waals surface area contributed by atoms with Gasteiger partial charge in [0.25, 0.3) is 0 Å². The Morgan fingerprint density at radius 2 is 2.40 bits per heavy atom. The molecule has 1 aromatic heterocycles. The van der Waals surface area contributed by atoms with E-state index in [9.17, 15) is 4.79 Å². The zero-order valence-electron chi connectivity index (χ0n) is 8.94. The Bertz CT molecular complexity index is 312. The van der Waals surface area contributed by atoms with E-state index in [2.05, 4.69) is 0 Å². The fourth-order valence-electron chi connectivity index (χ4n) is 2.01. The highest BCUT2D eigenvalue weighted by Crippen LogP contribution is 2.33. The molecule has 0 N–H and O–H groups in total. The smallest absolute Gasteiger partial charge is 0.173 e. The number of hydrogen-bond donors (Lipinski definition) is 0. The number of Topliss-reactive ketones (excluding diaryl/α,β-unsaturated/α-hetero) is 1. The lowest BCUT2D eigenvalue weighted by atomic mass is 9.79. The van der Waals surface area contributed by atoms with Gasteiger partial charge in [0.15, 0.2) is 5.78 Å². The molecule has 0 saturated heterocycles. The average molecular weight is 224 g/mol. The first-order valence-electron chi connectivity index (χ1n) is 5.48. The van der Waals surface area contributed by atoms with E-state index < -0.39 is 0 Å². The third-order valence-corrected chi connectivity index (χ3v) is 3.78. The molecule has 0 radical (unpaired) electrons. The van der Waals surface area contributed by atoms with Gasteiger partial charge in [-0.2, -0.15) is 0 Å². The van der Waals surface area contributed by atoms with Crippen LogP contribution in [-0.4, -0.2) is 18.5 Å². The maximum absolute atomic E-state index is 11.7. The van der Waals surface area contributed by atoms with E-state index in [-0.39, 0.29) is 0 Å². The minimum absolute atomic E-state index is 0.296. The molecule has 0 aromatic carbocycles. The summed E-state index contributed by atoms with van der Waals surface area (Å²) in [7, 11) is 0. The highest BCUT2D eigenvalue weighted by atomic mass is 32.1. The molecule has 82 valence electrons. The van der Waals surface area contributed by atoms with E-state index in [0.29, 0.717) is 24.2 Å². The molecule has 0 bridgehead atoms. The van der Waals surface area contributed by atoms with Crippen molar-refractivity contribution in [1.29, 1.82) is 0 Å². The Labute approximate surface area is 94.3 Å². The lowest BCUT2D eigenvalue weighted by molar-refractivity contribution is -0.0245. The maximum Gasteiger partial charge on any atom is 0.173 e. The van der Waals surface area contributed by atoms with Crippen LogP contribution in [0.3, 0.4) is 0 Å². The third kappa shape index (κ3) is 2.67. The molecule has 0 spiro atoms. The van der Waals surface area contributed by atoms with Crippen LogP contribution in [0.4, 0.5) is 0 Å². The topological polar surface area (TPSA) is 26.3 Å². The van der Waals surface area contributed by atoms with Gasteiger partial charge in [0.1, 0.15) is 0 Å². The number of carbonyl (C=O) groups is 1. The van der Waals surface area contributed by atoms with Crippen LogP contribution in [0.15, 0.2) is 17.5 Å². The molecule has 0 atom stereocenters. The second-order valence-electron chi connectivity index (χ2n) is 4.02. The van der Waals surface area contributed by atoms with Crippen molar-refractivity contribution in [3.05, 3.63) is 22.4 Å². The maximum atomic E-state index is 11.7. The molecule has 1 aliphatic carbocycles. The van der Waals surface area contributed by atoms with E-state index in [0.717, 1.165) is 24.3 Å². The number of carbonyl (C=O) groups excluding carboxylic acids is 1. The van der Waals surface area contributed by atoms with E-state index in [4.69, 9.17) is 4.74 Å². The Hall–Kier alpha value is -0.670. The van der Waals surface area contributed by atoms with Crippen molar-refractivity contribution in [2.75, 3.05) is 6.61 Å². The summed E-state index contributed by atoms with van der Waals surface area (Å²) in [5.41, 5.74) is 0. The van der Waals surface area contributed by atoms with Crippen molar-refractivity contribution in [3.8, 4) is 0 Å². The van der Waals surface area contributed by atoms with Crippen LogP contribution < -0.4 is 0 Å². The molecule has 1 saturated carbocycles. The van der Waals surface area contributed by atoms with Gasteiger partial charge >= 0.3 is 0 Å². The van der Waals surface area contributed by atoms with Crippen LogP contribution in [0.5, 0.6) is 0 Å². The Morgan fingerprint density at radius 1 is 1.60 bits per heavy atom. The van der Waals surface area contributed by atoms with Gasteiger partial charge in [0.2, 0.25) is 0 Å². The summed E-state index contributed by atoms with van der Waals surface area (Å²) in [5.74, 6) is 0.848. The average Bonchev–Trinajstić information content (AvgIpc) is 2.67. The lowest BCUT2D eigenvalue weighted by Crippen LogP contribution is -2.32. The summed E-state index contributed by atoms with van der Waals surface area (Å²) in [6.45, 7) is 2.81. The molecule has 1 heterocycles. The van der Waals surface area contributed by atoms with Crippen LogP contribution in [0.1, 0.15) is 35.9 Å². The molecule has 0 amide bonds. The second-order valence-corrected chi connectivity index (χ2v) is 4.97. The standard InChI is InChI=1S/C12H16O2S/c1-2-14-10-6-9(7-10)8-11(13)12-4-3-5-15-12/h3-5,9-10H,2,6-8H2,1H3. The number of hydrogen-bond acceptors (Lipinski definition) is 3. The minimum Gasteiger partial charge on any atom is -0.378 e. The number of ketones is 1. The van der Waals surface area contributed by atoms with Crippen molar-refractivity contribution in [2.45, 2.75) is 32.3 Å². The van der Waals surface area contributed by atoms with Gasteiger partial charge in [-0.1, -0.05) is 6.07 Å². The summed E-state index contributed by atoms with van der Waals surface area (Å²) in [6, 6.07) is 3.84. The molecule has 1 fully saturated rings. The summed E-state index contributed by atoms with van der Waals surface area (Å²) < 4.78 is 5.47. The summed E-state index contributed by atoms with van der Waals surface area (Å²) in [6.07, 6.45) is 3.23. The van der Waals surface area contributed by atoms with Gasteiger partial charge < -0.3 is 4.74 Å². The predicted molar refractivity (Wildman–Crippen MR) is 61.4 cm³/mol. The van der Waals surface area contributed by atoms with Gasteiger partial charge in [-0.15, -0.1) is 11.3 Å². The van der Waals surface area contributed by atoms with Crippen LogP contribution in [0, 0.1) is 5.92 Å². The highest BCUT2D eigenvalue weighted by molar-refractivity contribution is 7.12. The first kappa shape index (κ1) is 10.8. The van der Waals surface area contributed by atoms with Gasteiger partial charge in [-0.3, -0.25) is 4.79 Å². The molecule has 15 heavy (non-hydrogen) atoms. The molecule has 1 aromatic rings. The van der Waals surface area contributed by atoms with Gasteiger partial charge in [0, 0.05) is 13.0 Å². The fraction of sp³-hybridized carbons (Fsp3) is 0.583. The SMILES string of the molecule is CCOC1CC(CC(=O)c2cccs2)C1. The molecule has 2 nitrogen and oxygen atoms in total. The molecular formula is C12H16O2S. The number of ether oxygens (including phenoxy) is 1. The van der Waals surface area contributed by atoms with E-state index in [1.807, 2.05) is 24.4 Å². The largest absolute Gasteiger partial charge is 0.378 e. The Morgan fingerprint density at radius 3 is 3.00 bits per heavy atom.